The number of hydrogen-bond donors (Lipinski definition) is 4. The van der Waals surface area contributed by atoms with Crippen LogP contribution in [0.3, 0.4) is 0 Å². The maximum Gasteiger partial charge on any atom is 0.246 e. The smallest absolute Gasteiger partial charge is 0.246 e. The third-order valence-electron chi connectivity index (χ3n) is 7.18. The SMILES string of the molecule is CC(C)(C)c1cc(C(O)(P(=O)(O)CCc2ccccc2)P(=O)(O)CCc2ccccc2)cc(C(C)(C)C)c1O. The molecule has 0 fully saturated rings. The third kappa shape index (κ3) is 6.76. The van der Waals surface area contributed by atoms with E-state index in [4.69, 9.17) is 0 Å². The molecular weight excluding hydrogens is 530 g/mol. The molecule has 0 saturated carbocycles. The van der Waals surface area contributed by atoms with Gasteiger partial charge in [-0.3, -0.25) is 9.13 Å². The summed E-state index contributed by atoms with van der Waals surface area (Å²) >= 11 is 0. The molecule has 0 amide bonds. The minimum absolute atomic E-state index is 0.00946. The number of aryl methyl sites for hydroxylation is 2. The Hall–Kier alpha value is -2.20. The van der Waals surface area contributed by atoms with E-state index < -0.39 is 30.7 Å². The number of rotatable bonds is 9. The van der Waals surface area contributed by atoms with Gasteiger partial charge in [0.15, 0.2) is 0 Å². The van der Waals surface area contributed by atoms with Gasteiger partial charge in [0.2, 0.25) is 19.8 Å². The summed E-state index contributed by atoms with van der Waals surface area (Å²) in [6, 6.07) is 21.0. The fourth-order valence-corrected chi connectivity index (χ4v) is 10.1. The molecule has 0 bridgehead atoms. The van der Waals surface area contributed by atoms with Gasteiger partial charge in [-0.15, -0.1) is 0 Å². The normalized spacial score (nSPS) is 17.2. The lowest BCUT2D eigenvalue weighted by Gasteiger charge is -2.38. The number of benzene rings is 3. The molecule has 0 spiro atoms. The van der Waals surface area contributed by atoms with Crippen LogP contribution < -0.4 is 0 Å². The van der Waals surface area contributed by atoms with Gasteiger partial charge >= 0.3 is 0 Å². The fraction of sp³-hybridized carbons (Fsp3) is 0.419. The predicted octanol–water partition coefficient (Wildman–Crippen LogP) is 7.12. The zero-order valence-electron chi connectivity index (χ0n) is 23.8. The van der Waals surface area contributed by atoms with Crippen molar-refractivity contribution in [1.29, 1.82) is 0 Å². The Morgan fingerprint density at radius 1 is 0.641 bits per heavy atom. The summed E-state index contributed by atoms with van der Waals surface area (Å²) < 4.78 is 28.4. The Labute approximate surface area is 232 Å². The average molecular weight is 573 g/mol. The van der Waals surface area contributed by atoms with Crippen molar-refractivity contribution >= 4 is 14.7 Å². The van der Waals surface area contributed by atoms with Crippen molar-refractivity contribution in [2.24, 2.45) is 0 Å². The molecule has 3 aromatic rings. The molecule has 212 valence electrons. The van der Waals surface area contributed by atoms with Crippen LogP contribution in [0.25, 0.3) is 0 Å². The van der Waals surface area contributed by atoms with E-state index in [9.17, 15) is 29.1 Å². The van der Waals surface area contributed by atoms with Crippen molar-refractivity contribution < 1.29 is 29.1 Å². The molecule has 6 nitrogen and oxygen atoms in total. The van der Waals surface area contributed by atoms with Gasteiger partial charge in [-0.1, -0.05) is 102 Å². The molecule has 0 aliphatic carbocycles. The molecule has 0 aliphatic heterocycles. The monoisotopic (exact) mass is 572 g/mol. The molecule has 2 atom stereocenters. The topological polar surface area (TPSA) is 115 Å². The molecule has 4 N–H and O–H groups in total. The van der Waals surface area contributed by atoms with Crippen LogP contribution in [0.2, 0.25) is 0 Å². The second-order valence-corrected chi connectivity index (χ2v) is 17.7. The van der Waals surface area contributed by atoms with Crippen LogP contribution in [0.1, 0.15) is 69.4 Å². The minimum Gasteiger partial charge on any atom is -0.507 e. The Morgan fingerprint density at radius 3 is 1.28 bits per heavy atom. The molecule has 0 radical (unpaired) electrons. The first-order valence-corrected chi connectivity index (χ1v) is 16.9. The number of aromatic hydroxyl groups is 1. The second kappa shape index (κ2) is 11.4. The maximum atomic E-state index is 14.2. The summed E-state index contributed by atoms with van der Waals surface area (Å²) in [4.78, 5) is 23.1. The molecule has 3 rings (SSSR count). The zero-order chi connectivity index (χ0) is 29.3. The molecule has 0 saturated heterocycles. The quantitative estimate of drug-likeness (QED) is 0.203. The lowest BCUT2D eigenvalue weighted by molar-refractivity contribution is 0.170. The van der Waals surface area contributed by atoms with E-state index >= 15 is 0 Å². The van der Waals surface area contributed by atoms with E-state index in [1.165, 1.54) is 12.1 Å². The Bertz CT molecular complexity index is 1270. The largest absolute Gasteiger partial charge is 0.507 e. The first-order valence-electron chi connectivity index (χ1n) is 13.2. The fourth-order valence-electron chi connectivity index (χ4n) is 4.78. The first kappa shape index (κ1) is 31.3. The van der Waals surface area contributed by atoms with Crippen LogP contribution >= 0.6 is 14.7 Å². The molecule has 0 aliphatic rings. The van der Waals surface area contributed by atoms with Gasteiger partial charge in [-0.2, -0.15) is 0 Å². The van der Waals surface area contributed by atoms with Crippen LogP contribution in [0.4, 0.5) is 0 Å². The molecular formula is C31H42O6P2. The van der Waals surface area contributed by atoms with E-state index in [-0.39, 0.29) is 36.5 Å². The van der Waals surface area contributed by atoms with E-state index in [2.05, 4.69) is 0 Å². The molecule has 39 heavy (non-hydrogen) atoms. The van der Waals surface area contributed by atoms with E-state index in [1.54, 1.807) is 0 Å². The number of hydrogen-bond acceptors (Lipinski definition) is 4. The highest BCUT2D eigenvalue weighted by Gasteiger charge is 2.60. The summed E-state index contributed by atoms with van der Waals surface area (Å²) in [5.74, 6) is 0.00946. The predicted molar refractivity (Wildman–Crippen MR) is 159 cm³/mol. The summed E-state index contributed by atoms with van der Waals surface area (Å²) in [5.41, 5.74) is 1.06. The number of phenolic OH excluding ortho intramolecular Hbond substituents is 1. The van der Waals surface area contributed by atoms with Crippen LogP contribution in [0.15, 0.2) is 72.8 Å². The van der Waals surface area contributed by atoms with Crippen molar-refractivity contribution in [1.82, 2.24) is 0 Å². The third-order valence-corrected chi connectivity index (χ3v) is 13.2. The maximum absolute atomic E-state index is 14.2. The molecule has 3 aromatic carbocycles. The zero-order valence-corrected chi connectivity index (χ0v) is 25.5. The van der Waals surface area contributed by atoms with Gasteiger partial charge in [0.1, 0.15) is 5.75 Å². The molecule has 0 aromatic heterocycles. The van der Waals surface area contributed by atoms with Crippen molar-refractivity contribution in [3.05, 3.63) is 101 Å². The lowest BCUT2D eigenvalue weighted by atomic mass is 9.78. The summed E-state index contributed by atoms with van der Waals surface area (Å²) in [6.07, 6.45) is -0.488. The highest BCUT2D eigenvalue weighted by molar-refractivity contribution is 7.76. The van der Waals surface area contributed by atoms with Crippen molar-refractivity contribution in [3.63, 3.8) is 0 Å². The van der Waals surface area contributed by atoms with Gasteiger partial charge in [0.05, 0.1) is 0 Å². The number of phenols is 1. The van der Waals surface area contributed by atoms with E-state index in [1.807, 2.05) is 102 Å². The van der Waals surface area contributed by atoms with Crippen molar-refractivity contribution in [2.45, 2.75) is 70.3 Å². The minimum atomic E-state index is -4.74. The van der Waals surface area contributed by atoms with Crippen LogP contribution in [-0.4, -0.2) is 32.3 Å². The van der Waals surface area contributed by atoms with Gasteiger partial charge in [0, 0.05) is 17.9 Å². The van der Waals surface area contributed by atoms with Crippen molar-refractivity contribution in [3.8, 4) is 5.75 Å². The summed E-state index contributed by atoms with van der Waals surface area (Å²) in [6.45, 7) is 11.2. The molecule has 0 heterocycles. The van der Waals surface area contributed by atoms with Crippen LogP contribution in [0.5, 0.6) is 5.75 Å². The van der Waals surface area contributed by atoms with Gasteiger partial charge in [0.25, 0.3) is 0 Å². The Balaban J connectivity index is 2.24. The highest BCUT2D eigenvalue weighted by Crippen LogP contribution is 2.76. The highest BCUT2D eigenvalue weighted by atomic mass is 31.2. The van der Waals surface area contributed by atoms with Crippen LogP contribution in [-0.2, 0) is 37.9 Å². The molecule has 8 heteroatoms. The summed E-state index contributed by atoms with van der Waals surface area (Å²) in [5, 5.41) is 20.5. The lowest BCUT2D eigenvalue weighted by Crippen LogP contribution is -2.31. The van der Waals surface area contributed by atoms with E-state index in [0.29, 0.717) is 11.1 Å². The number of aliphatic hydroxyl groups is 1. The standard InChI is InChI=1S/C31H42O6P2/c1-29(2,3)26-21-25(22-27(28(26)32)30(4,5)6)31(33,38(34,35)19-17-23-13-9-7-10-14-23)39(36,37)20-18-24-15-11-8-12-16-24/h7-16,21-22,32-33H,17-20H2,1-6H3,(H,34,35)(H,36,37). The van der Waals surface area contributed by atoms with E-state index in [0.717, 1.165) is 11.1 Å². The molecule has 2 unspecified atom stereocenters. The van der Waals surface area contributed by atoms with Crippen molar-refractivity contribution in [2.75, 3.05) is 12.3 Å². The first-order chi connectivity index (χ1) is 17.9. The van der Waals surface area contributed by atoms with Gasteiger partial charge in [-0.25, -0.2) is 0 Å². The van der Waals surface area contributed by atoms with Gasteiger partial charge < -0.3 is 20.0 Å². The Kier molecular flexibility index (Phi) is 9.12. The van der Waals surface area contributed by atoms with Gasteiger partial charge in [-0.05, 0) is 58.1 Å². The second-order valence-electron chi connectivity index (χ2n) is 12.4. The average Bonchev–Trinajstić information content (AvgIpc) is 2.85. The van der Waals surface area contributed by atoms with Crippen LogP contribution in [0, 0.1) is 0 Å². The Morgan fingerprint density at radius 2 is 0.974 bits per heavy atom. The summed E-state index contributed by atoms with van der Waals surface area (Å²) in [7, 11) is -9.49.